The summed E-state index contributed by atoms with van der Waals surface area (Å²) in [5.74, 6) is 7.49. The number of thiophene rings is 1. The van der Waals surface area contributed by atoms with E-state index in [2.05, 4.69) is 31.4 Å². The maximum absolute atomic E-state index is 5.79. The molecule has 0 amide bonds. The molecule has 0 saturated heterocycles. The molecule has 3 heteroatoms. The molecule has 1 aromatic heterocycles. The Balaban J connectivity index is 1.94. The Morgan fingerprint density at radius 1 is 1.33 bits per heavy atom. The first-order valence-corrected chi connectivity index (χ1v) is 8.08. The quantitative estimate of drug-likeness (QED) is 0.620. The van der Waals surface area contributed by atoms with Crippen LogP contribution < -0.4 is 11.3 Å². The summed E-state index contributed by atoms with van der Waals surface area (Å²) < 4.78 is 0. The molecule has 102 valence electrons. The van der Waals surface area contributed by atoms with Gasteiger partial charge in [0.05, 0.1) is 6.04 Å². The Hall–Kier alpha value is -0.380. The highest BCUT2D eigenvalue weighted by molar-refractivity contribution is 7.12. The van der Waals surface area contributed by atoms with E-state index in [1.807, 2.05) is 11.3 Å². The molecule has 0 radical (unpaired) electrons. The molecule has 1 aliphatic rings. The van der Waals surface area contributed by atoms with Crippen LogP contribution in [0.2, 0.25) is 0 Å². The Morgan fingerprint density at radius 2 is 2.06 bits per heavy atom. The van der Waals surface area contributed by atoms with Gasteiger partial charge in [0, 0.05) is 9.75 Å². The third kappa shape index (κ3) is 3.34. The largest absolute Gasteiger partial charge is 0.271 e. The zero-order valence-electron chi connectivity index (χ0n) is 11.6. The van der Waals surface area contributed by atoms with Gasteiger partial charge in [0.15, 0.2) is 0 Å². The number of hydrogen-bond donors (Lipinski definition) is 2. The van der Waals surface area contributed by atoms with Crippen LogP contribution >= 0.6 is 11.3 Å². The molecule has 0 aromatic carbocycles. The second-order valence-electron chi connectivity index (χ2n) is 5.66. The fraction of sp³-hybridized carbons (Fsp3) is 0.733. The summed E-state index contributed by atoms with van der Waals surface area (Å²) >= 11 is 1.88. The molecule has 1 heterocycles. The lowest BCUT2D eigenvalue weighted by atomic mass is 9.77. The zero-order valence-corrected chi connectivity index (χ0v) is 12.4. The topological polar surface area (TPSA) is 38.0 Å². The van der Waals surface area contributed by atoms with Crippen LogP contribution in [0, 0.1) is 18.8 Å². The molecule has 1 aliphatic carbocycles. The number of hydrazine groups is 1. The third-order valence-corrected chi connectivity index (χ3v) is 5.39. The maximum atomic E-state index is 5.79. The van der Waals surface area contributed by atoms with Crippen molar-refractivity contribution in [1.29, 1.82) is 0 Å². The fourth-order valence-electron chi connectivity index (χ4n) is 3.29. The van der Waals surface area contributed by atoms with Gasteiger partial charge in [0.25, 0.3) is 0 Å². The zero-order chi connectivity index (χ0) is 13.0. The average Bonchev–Trinajstić information content (AvgIpc) is 2.79. The minimum atomic E-state index is 0.367. The number of nitrogens with two attached hydrogens (primary N) is 1. The molecule has 0 bridgehead atoms. The Morgan fingerprint density at radius 3 is 2.56 bits per heavy atom. The summed E-state index contributed by atoms with van der Waals surface area (Å²) in [6.07, 6.45) is 8.18. The van der Waals surface area contributed by atoms with Gasteiger partial charge in [0.1, 0.15) is 0 Å². The highest BCUT2D eigenvalue weighted by Gasteiger charge is 2.28. The smallest absolute Gasteiger partial charge is 0.0581 e. The van der Waals surface area contributed by atoms with Crippen LogP contribution in [0.5, 0.6) is 0 Å². The van der Waals surface area contributed by atoms with Gasteiger partial charge in [-0.1, -0.05) is 32.6 Å². The van der Waals surface area contributed by atoms with Gasteiger partial charge in [-0.15, -0.1) is 11.3 Å². The van der Waals surface area contributed by atoms with Crippen molar-refractivity contribution in [2.45, 2.75) is 58.4 Å². The number of nitrogens with one attached hydrogen (secondary N) is 1. The van der Waals surface area contributed by atoms with Crippen LogP contribution in [0.1, 0.15) is 61.2 Å². The number of aryl methyl sites for hydroxylation is 1. The molecule has 1 atom stereocenters. The van der Waals surface area contributed by atoms with Crippen molar-refractivity contribution in [1.82, 2.24) is 5.43 Å². The van der Waals surface area contributed by atoms with Crippen molar-refractivity contribution in [2.24, 2.45) is 17.7 Å². The van der Waals surface area contributed by atoms with Crippen molar-refractivity contribution in [3.63, 3.8) is 0 Å². The van der Waals surface area contributed by atoms with Gasteiger partial charge in [-0.3, -0.25) is 11.3 Å². The Kier molecular flexibility index (Phi) is 5.22. The Bertz CT molecular complexity index is 353. The van der Waals surface area contributed by atoms with Crippen LogP contribution in [0.4, 0.5) is 0 Å². The van der Waals surface area contributed by atoms with Gasteiger partial charge in [-0.25, -0.2) is 0 Å². The van der Waals surface area contributed by atoms with E-state index >= 15 is 0 Å². The van der Waals surface area contributed by atoms with Crippen LogP contribution in [0.3, 0.4) is 0 Å². The summed E-state index contributed by atoms with van der Waals surface area (Å²) in [4.78, 5) is 2.79. The summed E-state index contributed by atoms with van der Waals surface area (Å²) in [5, 5.41) is 0. The first-order chi connectivity index (χ1) is 8.74. The lowest BCUT2D eigenvalue weighted by molar-refractivity contribution is 0.217. The van der Waals surface area contributed by atoms with E-state index in [0.717, 1.165) is 11.8 Å². The summed E-state index contributed by atoms with van der Waals surface area (Å²) in [6, 6.07) is 4.81. The van der Waals surface area contributed by atoms with Crippen molar-refractivity contribution in [2.75, 3.05) is 0 Å². The number of rotatable bonds is 5. The van der Waals surface area contributed by atoms with Crippen molar-refractivity contribution >= 4 is 11.3 Å². The minimum absolute atomic E-state index is 0.367. The van der Waals surface area contributed by atoms with Gasteiger partial charge in [-0.05, 0) is 43.7 Å². The monoisotopic (exact) mass is 266 g/mol. The predicted octanol–water partition coefficient (Wildman–Crippen LogP) is 4.17. The second-order valence-corrected chi connectivity index (χ2v) is 6.98. The molecule has 3 N–H and O–H groups in total. The molecule has 2 rings (SSSR count). The second kappa shape index (κ2) is 6.69. The molecule has 18 heavy (non-hydrogen) atoms. The van der Waals surface area contributed by atoms with Gasteiger partial charge in [0.2, 0.25) is 0 Å². The molecular weight excluding hydrogens is 240 g/mol. The molecule has 0 spiro atoms. The average molecular weight is 266 g/mol. The first kappa shape index (κ1) is 14.0. The molecule has 2 nitrogen and oxygen atoms in total. The highest BCUT2D eigenvalue weighted by atomic mass is 32.1. The molecule has 1 unspecified atom stereocenters. The lowest BCUT2D eigenvalue weighted by Gasteiger charge is -2.33. The molecule has 1 fully saturated rings. The van der Waals surface area contributed by atoms with E-state index in [9.17, 15) is 0 Å². The fourth-order valence-corrected chi connectivity index (χ4v) is 4.32. The van der Waals surface area contributed by atoms with Crippen molar-refractivity contribution in [3.8, 4) is 0 Å². The van der Waals surface area contributed by atoms with Crippen LogP contribution in [-0.2, 0) is 0 Å². The van der Waals surface area contributed by atoms with Crippen LogP contribution in [0.25, 0.3) is 0 Å². The van der Waals surface area contributed by atoms with E-state index in [1.165, 1.54) is 48.3 Å². The number of hydrogen-bond acceptors (Lipinski definition) is 3. The van der Waals surface area contributed by atoms with Crippen molar-refractivity contribution in [3.05, 3.63) is 21.9 Å². The molecular formula is C15H26N2S. The Labute approximate surface area is 115 Å². The summed E-state index contributed by atoms with van der Waals surface area (Å²) in [6.45, 7) is 4.46. The van der Waals surface area contributed by atoms with E-state index in [0.29, 0.717) is 6.04 Å². The minimum Gasteiger partial charge on any atom is -0.271 e. The highest BCUT2D eigenvalue weighted by Crippen LogP contribution is 2.39. The van der Waals surface area contributed by atoms with Crippen molar-refractivity contribution < 1.29 is 0 Å². The van der Waals surface area contributed by atoms with E-state index in [1.54, 1.807) is 0 Å². The van der Waals surface area contributed by atoms with Crippen LogP contribution in [0.15, 0.2) is 12.1 Å². The molecule has 1 saturated carbocycles. The van der Waals surface area contributed by atoms with Gasteiger partial charge in [-0.2, -0.15) is 0 Å². The third-order valence-electron chi connectivity index (χ3n) is 4.31. The summed E-state index contributed by atoms with van der Waals surface area (Å²) in [5.41, 5.74) is 3.06. The molecule has 0 aliphatic heterocycles. The van der Waals surface area contributed by atoms with E-state index < -0.39 is 0 Å². The maximum Gasteiger partial charge on any atom is 0.0581 e. The van der Waals surface area contributed by atoms with E-state index in [-0.39, 0.29) is 0 Å². The van der Waals surface area contributed by atoms with Crippen LogP contribution in [-0.4, -0.2) is 0 Å². The SMILES string of the molecule is CCCC1CCC(C(NN)c2ccc(C)s2)CC1. The molecule has 1 aromatic rings. The first-order valence-electron chi connectivity index (χ1n) is 7.27. The van der Waals surface area contributed by atoms with E-state index in [4.69, 9.17) is 5.84 Å². The normalized spacial score (nSPS) is 26.2. The summed E-state index contributed by atoms with van der Waals surface area (Å²) in [7, 11) is 0. The standard InChI is InChI=1S/C15H26N2S/c1-3-4-12-6-8-13(9-7-12)15(17-16)14-10-5-11(2)18-14/h5,10,12-13,15,17H,3-4,6-9,16H2,1-2H3. The lowest BCUT2D eigenvalue weighted by Crippen LogP contribution is -2.34. The van der Waals surface area contributed by atoms with Gasteiger partial charge < -0.3 is 0 Å². The predicted molar refractivity (Wildman–Crippen MR) is 79.5 cm³/mol. The van der Waals surface area contributed by atoms with Gasteiger partial charge >= 0.3 is 0 Å².